The van der Waals surface area contributed by atoms with Crippen LogP contribution in [0.2, 0.25) is 0 Å². The minimum Gasteiger partial charge on any atom is -0.496 e. The number of nitrogens with zero attached hydrogens (tertiary/aromatic N) is 3. The van der Waals surface area contributed by atoms with Gasteiger partial charge in [-0.3, -0.25) is 9.59 Å². The molecule has 2 aliphatic heterocycles. The van der Waals surface area contributed by atoms with E-state index in [0.717, 1.165) is 16.8 Å². The quantitative estimate of drug-likeness (QED) is 0.410. The highest BCUT2D eigenvalue weighted by molar-refractivity contribution is 14.1. The molecule has 35 heavy (non-hydrogen) atoms. The minimum atomic E-state index is -0.509. The smallest absolute Gasteiger partial charge is 0.256 e. The molecule has 0 saturated carbocycles. The van der Waals surface area contributed by atoms with Gasteiger partial charge in [0.2, 0.25) is 5.91 Å². The molecule has 2 aliphatic rings. The summed E-state index contributed by atoms with van der Waals surface area (Å²) in [4.78, 5) is 29.9. The Morgan fingerprint density at radius 2 is 1.83 bits per heavy atom. The number of carbonyl (C=O) groups excluding carboxylic acids is 2. The first-order valence-electron chi connectivity index (χ1n) is 11.5. The molecule has 7 nitrogen and oxygen atoms in total. The molecule has 1 spiro atoms. The van der Waals surface area contributed by atoms with E-state index in [9.17, 15) is 14.0 Å². The molecule has 2 aromatic carbocycles. The van der Waals surface area contributed by atoms with Crippen LogP contribution in [0.3, 0.4) is 0 Å². The molecule has 2 amide bonds. The van der Waals surface area contributed by atoms with Crippen LogP contribution in [-0.2, 0) is 4.79 Å². The summed E-state index contributed by atoms with van der Waals surface area (Å²) in [6.07, 6.45) is 4.94. The average Bonchev–Trinajstić information content (AvgIpc) is 3.17. The first-order chi connectivity index (χ1) is 16.8. The zero-order valence-corrected chi connectivity index (χ0v) is 21.9. The number of methoxy groups -OCH3 is 1. The van der Waals surface area contributed by atoms with Crippen LogP contribution in [-0.4, -0.2) is 49.7 Å². The molecule has 0 unspecified atom stereocenters. The van der Waals surface area contributed by atoms with Crippen LogP contribution in [0.5, 0.6) is 5.75 Å². The van der Waals surface area contributed by atoms with Crippen molar-refractivity contribution in [3.63, 3.8) is 0 Å². The fourth-order valence-corrected chi connectivity index (χ4v) is 5.27. The van der Waals surface area contributed by atoms with Crippen molar-refractivity contribution in [2.75, 3.05) is 31.6 Å². The van der Waals surface area contributed by atoms with Gasteiger partial charge in [-0.05, 0) is 56.0 Å². The van der Waals surface area contributed by atoms with E-state index in [0.29, 0.717) is 50.2 Å². The van der Waals surface area contributed by atoms with Crippen molar-refractivity contribution < 1.29 is 18.7 Å². The van der Waals surface area contributed by atoms with Gasteiger partial charge in [-0.1, -0.05) is 6.07 Å². The number of ether oxygens (including phenoxy) is 1. The number of halogens is 2. The monoisotopic (exact) mass is 590 g/mol. The third kappa shape index (κ3) is 4.78. The summed E-state index contributed by atoms with van der Waals surface area (Å²) >= 11 is 1.89. The predicted octanol–water partition coefficient (Wildman–Crippen LogP) is 4.52. The first-order valence-corrected chi connectivity index (χ1v) is 12.4. The molecule has 0 atom stereocenters. The number of benzene rings is 2. The summed E-state index contributed by atoms with van der Waals surface area (Å²) in [5.41, 5.74) is 8.35. The molecule has 4 rings (SSSR count). The van der Waals surface area contributed by atoms with E-state index in [1.807, 2.05) is 41.1 Å². The SMILES string of the molecule is COc1cc(N2CCC3(CCN(C(=O)c4ccc(C)cc4F)CC3)C2=O)ccc1C(/C=N\I)=C/N. The summed E-state index contributed by atoms with van der Waals surface area (Å²) in [5, 5.41) is 0. The van der Waals surface area contributed by atoms with Crippen molar-refractivity contribution in [3.8, 4) is 5.75 Å². The number of anilines is 1. The number of hydrogen-bond donors (Lipinski definition) is 1. The zero-order valence-electron chi connectivity index (χ0n) is 19.8. The number of allylic oxidation sites excluding steroid dienone is 1. The molecule has 9 heteroatoms. The molecular weight excluding hydrogens is 562 g/mol. The highest BCUT2D eigenvalue weighted by Gasteiger charge is 2.49. The number of nitrogens with two attached hydrogens (primary N) is 1. The van der Waals surface area contributed by atoms with E-state index in [1.165, 1.54) is 18.3 Å². The number of carbonyl (C=O) groups is 2. The van der Waals surface area contributed by atoms with Crippen LogP contribution < -0.4 is 15.4 Å². The standard InChI is InChI=1S/C26H28FIN4O3/c1-17-3-5-21(22(27)13-17)24(33)31-10-7-26(8-11-31)9-12-32(25(26)34)19-4-6-20(23(14-19)35-2)18(15-29)16-30-28/h3-6,13-16H,7-12,29H2,1-2H3/b18-15+,30-16-. The van der Waals surface area contributed by atoms with Crippen LogP contribution in [0, 0.1) is 18.2 Å². The summed E-state index contributed by atoms with van der Waals surface area (Å²) in [6.45, 7) is 3.23. The van der Waals surface area contributed by atoms with Crippen LogP contribution in [0.25, 0.3) is 5.57 Å². The number of amides is 2. The van der Waals surface area contributed by atoms with Gasteiger partial charge >= 0.3 is 0 Å². The van der Waals surface area contributed by atoms with Gasteiger partial charge in [0.05, 0.1) is 41.0 Å². The van der Waals surface area contributed by atoms with Crippen LogP contribution in [0.4, 0.5) is 10.1 Å². The average molecular weight is 590 g/mol. The number of rotatable bonds is 5. The molecule has 2 saturated heterocycles. The van der Waals surface area contributed by atoms with E-state index < -0.39 is 11.2 Å². The van der Waals surface area contributed by atoms with E-state index in [2.05, 4.69) is 3.21 Å². The van der Waals surface area contributed by atoms with Gasteiger partial charge in [-0.2, -0.15) is 0 Å². The molecule has 2 heterocycles. The second-order valence-corrected chi connectivity index (χ2v) is 9.55. The van der Waals surface area contributed by atoms with Crippen molar-refractivity contribution in [1.29, 1.82) is 0 Å². The van der Waals surface area contributed by atoms with E-state index in [-0.39, 0.29) is 17.4 Å². The van der Waals surface area contributed by atoms with E-state index >= 15 is 0 Å². The van der Waals surface area contributed by atoms with Crippen molar-refractivity contribution in [1.82, 2.24) is 4.90 Å². The molecule has 0 radical (unpaired) electrons. The Kier molecular flexibility index (Phi) is 7.44. The van der Waals surface area contributed by atoms with E-state index in [4.69, 9.17) is 10.5 Å². The number of hydrogen-bond acceptors (Lipinski definition) is 5. The van der Waals surface area contributed by atoms with Crippen molar-refractivity contribution in [3.05, 3.63) is 65.1 Å². The van der Waals surface area contributed by atoms with Crippen molar-refractivity contribution >= 4 is 52.2 Å². The Bertz CT molecular complexity index is 1210. The topological polar surface area (TPSA) is 88.2 Å². The fraction of sp³-hybridized carbons (Fsp3) is 0.346. The van der Waals surface area contributed by atoms with Gasteiger partial charge in [-0.15, -0.1) is 0 Å². The Hall–Kier alpha value is -2.95. The summed E-state index contributed by atoms with van der Waals surface area (Å²) in [7, 11) is 1.58. The molecule has 2 N–H and O–H groups in total. The summed E-state index contributed by atoms with van der Waals surface area (Å²) in [5.74, 6) is -0.166. The maximum absolute atomic E-state index is 14.3. The maximum atomic E-state index is 14.3. The van der Waals surface area contributed by atoms with Crippen LogP contribution in [0.1, 0.15) is 40.7 Å². The Morgan fingerprint density at radius 3 is 2.46 bits per heavy atom. The zero-order chi connectivity index (χ0) is 25.2. The van der Waals surface area contributed by atoms with Crippen molar-refractivity contribution in [2.45, 2.75) is 26.2 Å². The van der Waals surface area contributed by atoms with Gasteiger partial charge in [0.15, 0.2) is 0 Å². The number of piperidine rings is 1. The van der Waals surface area contributed by atoms with Crippen LogP contribution in [0.15, 0.2) is 45.8 Å². The lowest BCUT2D eigenvalue weighted by molar-refractivity contribution is -0.127. The molecule has 0 aliphatic carbocycles. The molecule has 184 valence electrons. The lowest BCUT2D eigenvalue weighted by atomic mass is 9.77. The molecule has 2 aromatic rings. The molecule has 2 fully saturated rings. The highest BCUT2D eigenvalue weighted by Crippen LogP contribution is 2.44. The Morgan fingerprint density at radius 1 is 1.14 bits per heavy atom. The second kappa shape index (κ2) is 10.3. The normalized spacial score (nSPS) is 18.1. The van der Waals surface area contributed by atoms with Crippen LogP contribution >= 0.6 is 22.9 Å². The Balaban J connectivity index is 1.49. The van der Waals surface area contributed by atoms with Crippen molar-refractivity contribution in [2.24, 2.45) is 14.4 Å². The fourth-order valence-electron chi connectivity index (χ4n) is 4.97. The first kappa shape index (κ1) is 25.2. The minimum absolute atomic E-state index is 0.0596. The van der Waals surface area contributed by atoms with Gasteiger partial charge < -0.3 is 20.3 Å². The van der Waals surface area contributed by atoms with Gasteiger partial charge in [0, 0.05) is 54.9 Å². The summed E-state index contributed by atoms with van der Waals surface area (Å²) < 4.78 is 23.9. The lowest BCUT2D eigenvalue weighted by Gasteiger charge is -2.38. The van der Waals surface area contributed by atoms with Gasteiger partial charge in [0.25, 0.3) is 5.91 Å². The van der Waals surface area contributed by atoms with Gasteiger partial charge in [-0.25, -0.2) is 7.60 Å². The maximum Gasteiger partial charge on any atom is 0.256 e. The molecular formula is C26H28FIN4O3. The predicted molar refractivity (Wildman–Crippen MR) is 143 cm³/mol. The lowest BCUT2D eigenvalue weighted by Crippen LogP contribution is -2.46. The molecule has 0 aromatic heterocycles. The molecule has 0 bridgehead atoms. The number of aryl methyl sites for hydroxylation is 1. The second-order valence-electron chi connectivity index (χ2n) is 9.00. The summed E-state index contributed by atoms with van der Waals surface area (Å²) in [6, 6.07) is 10.3. The van der Waals surface area contributed by atoms with Gasteiger partial charge in [0.1, 0.15) is 11.6 Å². The van der Waals surface area contributed by atoms with E-state index in [1.54, 1.807) is 36.1 Å². The third-order valence-electron chi connectivity index (χ3n) is 7.05. The largest absolute Gasteiger partial charge is 0.496 e. The number of likely N-dealkylation sites (tertiary alicyclic amines) is 1. The Labute approximate surface area is 218 Å². The highest BCUT2D eigenvalue weighted by atomic mass is 127. The third-order valence-corrected chi connectivity index (χ3v) is 7.33.